The second-order valence-electron chi connectivity index (χ2n) is 5.17. The number of rotatable bonds is 20. The van der Waals surface area contributed by atoms with E-state index < -0.39 is 6.67 Å². The van der Waals surface area contributed by atoms with E-state index in [1.807, 2.05) is 14.1 Å². The van der Waals surface area contributed by atoms with E-state index in [0.29, 0.717) is 66.1 Å². The molecule has 0 unspecified atom stereocenters. The normalized spacial score (nSPS) is 11.5. The van der Waals surface area contributed by atoms with Crippen LogP contribution in [0.15, 0.2) is 0 Å². The molecule has 0 aliphatic carbocycles. The van der Waals surface area contributed by atoms with Gasteiger partial charge in [-0.05, 0) is 14.1 Å². The third kappa shape index (κ3) is 21.6. The number of alkyl halides is 1. The van der Waals surface area contributed by atoms with Crippen molar-refractivity contribution < 1.29 is 32.8 Å². The van der Waals surface area contributed by atoms with E-state index in [4.69, 9.17) is 28.4 Å². The molecule has 0 aromatic rings. The lowest BCUT2D eigenvalue weighted by molar-refractivity contribution is -0.0175. The fraction of sp³-hybridized carbons (Fsp3) is 1.00. The van der Waals surface area contributed by atoms with Gasteiger partial charge in [0.2, 0.25) is 0 Å². The Kier molecular flexibility index (Phi) is 20.4. The molecule has 0 spiro atoms. The minimum Gasteiger partial charge on any atom is -0.378 e. The molecule has 0 saturated carbocycles. The van der Waals surface area contributed by atoms with Crippen molar-refractivity contribution in [2.24, 2.45) is 0 Å². The Hall–Kier alpha value is -0.350. The van der Waals surface area contributed by atoms with Crippen LogP contribution in [-0.4, -0.2) is 111 Å². The maximum Gasteiger partial charge on any atom is 0.113 e. The predicted octanol–water partition coefficient (Wildman–Crippen LogP) is 0.617. The van der Waals surface area contributed by atoms with Gasteiger partial charge in [0.05, 0.1) is 79.3 Å². The van der Waals surface area contributed by atoms with Crippen LogP contribution < -0.4 is 0 Å². The first-order chi connectivity index (χ1) is 11.8. The first-order valence-electron chi connectivity index (χ1n) is 8.44. The van der Waals surface area contributed by atoms with E-state index in [1.54, 1.807) is 0 Å². The number of likely N-dealkylation sites (N-methyl/N-ethyl adjacent to an activating group) is 1. The monoisotopic (exact) mass is 355 g/mol. The Labute approximate surface area is 145 Å². The van der Waals surface area contributed by atoms with Gasteiger partial charge in [-0.3, -0.25) is 0 Å². The minimum atomic E-state index is -0.460. The van der Waals surface area contributed by atoms with E-state index in [9.17, 15) is 4.39 Å². The molecule has 0 bridgehead atoms. The highest BCUT2D eigenvalue weighted by Gasteiger charge is 1.94. The Morgan fingerprint density at radius 2 is 0.792 bits per heavy atom. The van der Waals surface area contributed by atoms with Gasteiger partial charge in [-0.2, -0.15) is 0 Å². The summed E-state index contributed by atoms with van der Waals surface area (Å²) in [6.45, 7) is 6.52. The van der Waals surface area contributed by atoms with Crippen LogP contribution in [0.5, 0.6) is 0 Å². The zero-order valence-electron chi connectivity index (χ0n) is 15.2. The van der Waals surface area contributed by atoms with Gasteiger partial charge in [-0.25, -0.2) is 4.39 Å². The van der Waals surface area contributed by atoms with E-state index in [1.165, 1.54) is 0 Å². The summed E-state index contributed by atoms with van der Waals surface area (Å²) in [5.74, 6) is 0. The SMILES string of the molecule is CN(C)CCOCCOCCOCCOCCOCCOCCF. The first-order valence-corrected chi connectivity index (χ1v) is 8.44. The lowest BCUT2D eigenvalue weighted by Gasteiger charge is -2.10. The maximum absolute atomic E-state index is 11.7. The topological polar surface area (TPSA) is 58.6 Å². The summed E-state index contributed by atoms with van der Waals surface area (Å²) in [7, 11) is 4.03. The standard InChI is InChI=1S/C16H34FNO6/c1-18(2)4-6-20-8-10-22-12-14-24-16-15-23-13-11-21-9-7-19-5-3-17/h3-16H2,1-2H3. The molecule has 0 saturated heterocycles. The van der Waals surface area contributed by atoms with Crippen molar-refractivity contribution in [1.29, 1.82) is 0 Å². The number of hydrogen-bond donors (Lipinski definition) is 0. The highest BCUT2D eigenvalue weighted by molar-refractivity contribution is 4.40. The zero-order valence-corrected chi connectivity index (χ0v) is 15.2. The molecule has 0 heterocycles. The largest absolute Gasteiger partial charge is 0.378 e. The van der Waals surface area contributed by atoms with Gasteiger partial charge in [0.1, 0.15) is 6.67 Å². The Morgan fingerprint density at radius 3 is 1.08 bits per heavy atom. The summed E-state index contributed by atoms with van der Waals surface area (Å²) in [6, 6.07) is 0. The zero-order chi connectivity index (χ0) is 17.7. The van der Waals surface area contributed by atoms with Crippen molar-refractivity contribution >= 4 is 0 Å². The van der Waals surface area contributed by atoms with E-state index in [2.05, 4.69) is 4.90 Å². The van der Waals surface area contributed by atoms with Gasteiger partial charge in [-0.15, -0.1) is 0 Å². The number of ether oxygens (including phenoxy) is 6. The molecule has 146 valence electrons. The molecule has 0 radical (unpaired) electrons. The lowest BCUT2D eigenvalue weighted by Crippen LogP contribution is -2.19. The Balaban J connectivity index is 2.95. The molecule has 7 nitrogen and oxygen atoms in total. The van der Waals surface area contributed by atoms with Gasteiger partial charge < -0.3 is 33.3 Å². The van der Waals surface area contributed by atoms with Gasteiger partial charge >= 0.3 is 0 Å². The molecule has 0 atom stereocenters. The van der Waals surface area contributed by atoms with Gasteiger partial charge in [0.15, 0.2) is 0 Å². The van der Waals surface area contributed by atoms with Gasteiger partial charge in [-0.1, -0.05) is 0 Å². The summed E-state index contributed by atoms with van der Waals surface area (Å²) in [5.41, 5.74) is 0. The van der Waals surface area contributed by atoms with E-state index in [0.717, 1.165) is 13.2 Å². The van der Waals surface area contributed by atoms with Crippen molar-refractivity contribution in [1.82, 2.24) is 4.90 Å². The van der Waals surface area contributed by atoms with Crippen LogP contribution in [0.3, 0.4) is 0 Å². The molecule has 0 aliphatic rings. The average molecular weight is 355 g/mol. The molecule has 0 fully saturated rings. The van der Waals surface area contributed by atoms with Crippen LogP contribution in [0.4, 0.5) is 4.39 Å². The molecule has 0 amide bonds. The molecule has 0 rings (SSSR count). The molecule has 0 N–H and O–H groups in total. The highest BCUT2D eigenvalue weighted by atomic mass is 19.1. The fourth-order valence-corrected chi connectivity index (χ4v) is 1.50. The lowest BCUT2D eigenvalue weighted by atomic mass is 10.6. The summed E-state index contributed by atoms with van der Waals surface area (Å²) in [5, 5.41) is 0. The van der Waals surface area contributed by atoms with E-state index in [-0.39, 0.29) is 6.61 Å². The first kappa shape index (κ1) is 23.6. The number of halogens is 1. The minimum absolute atomic E-state index is 0.129. The van der Waals surface area contributed by atoms with Crippen LogP contribution >= 0.6 is 0 Å². The summed E-state index contributed by atoms with van der Waals surface area (Å²) < 4.78 is 43.4. The van der Waals surface area contributed by atoms with Crippen molar-refractivity contribution in [3.63, 3.8) is 0 Å². The van der Waals surface area contributed by atoms with Crippen molar-refractivity contribution in [3.8, 4) is 0 Å². The maximum atomic E-state index is 11.7. The quantitative estimate of drug-likeness (QED) is 0.297. The second-order valence-corrected chi connectivity index (χ2v) is 5.17. The highest BCUT2D eigenvalue weighted by Crippen LogP contribution is 1.85. The smallest absolute Gasteiger partial charge is 0.113 e. The van der Waals surface area contributed by atoms with E-state index >= 15 is 0 Å². The van der Waals surface area contributed by atoms with Crippen molar-refractivity contribution in [2.75, 3.05) is 107 Å². The average Bonchev–Trinajstić information content (AvgIpc) is 2.56. The van der Waals surface area contributed by atoms with Gasteiger partial charge in [0, 0.05) is 6.54 Å². The molecular formula is C16H34FNO6. The third-order valence-electron chi connectivity index (χ3n) is 2.76. The second kappa shape index (κ2) is 20.7. The van der Waals surface area contributed by atoms with Crippen molar-refractivity contribution in [3.05, 3.63) is 0 Å². The van der Waals surface area contributed by atoms with Crippen LogP contribution in [0.2, 0.25) is 0 Å². The molecule has 24 heavy (non-hydrogen) atoms. The molecule has 0 aromatic carbocycles. The summed E-state index contributed by atoms with van der Waals surface area (Å²) >= 11 is 0. The van der Waals surface area contributed by atoms with Crippen LogP contribution in [-0.2, 0) is 28.4 Å². The van der Waals surface area contributed by atoms with Crippen LogP contribution in [0.1, 0.15) is 0 Å². The number of nitrogens with zero attached hydrogens (tertiary/aromatic N) is 1. The predicted molar refractivity (Wildman–Crippen MR) is 89.4 cm³/mol. The molecular weight excluding hydrogens is 321 g/mol. The Bertz CT molecular complexity index is 237. The van der Waals surface area contributed by atoms with Crippen LogP contribution in [0, 0.1) is 0 Å². The van der Waals surface area contributed by atoms with Gasteiger partial charge in [0.25, 0.3) is 0 Å². The summed E-state index contributed by atoms with van der Waals surface area (Å²) in [4.78, 5) is 2.08. The third-order valence-corrected chi connectivity index (χ3v) is 2.76. The van der Waals surface area contributed by atoms with Crippen molar-refractivity contribution in [2.45, 2.75) is 0 Å². The summed E-state index contributed by atoms with van der Waals surface area (Å²) in [6.07, 6.45) is 0. The van der Waals surface area contributed by atoms with Crippen LogP contribution in [0.25, 0.3) is 0 Å². The molecule has 0 aliphatic heterocycles. The Morgan fingerprint density at radius 1 is 0.500 bits per heavy atom. The molecule has 0 aromatic heterocycles. The number of hydrogen-bond acceptors (Lipinski definition) is 7. The fourth-order valence-electron chi connectivity index (χ4n) is 1.50. The molecule has 8 heteroatoms.